The molecule has 122 valence electrons. The SMILES string of the molecule is CCCN(CC(F)F)C(=O)CNC(=O)c1c(F)cccc1Cl. The van der Waals surface area contributed by atoms with E-state index in [1.54, 1.807) is 6.92 Å². The van der Waals surface area contributed by atoms with Gasteiger partial charge in [-0.05, 0) is 18.6 Å². The Bertz CT molecular complexity index is 521. The van der Waals surface area contributed by atoms with E-state index >= 15 is 0 Å². The van der Waals surface area contributed by atoms with Gasteiger partial charge in [-0.3, -0.25) is 9.59 Å². The highest BCUT2D eigenvalue weighted by atomic mass is 35.5. The van der Waals surface area contributed by atoms with Crippen LogP contribution in [0, 0.1) is 5.82 Å². The Hall–Kier alpha value is -1.76. The van der Waals surface area contributed by atoms with E-state index in [0.29, 0.717) is 6.42 Å². The van der Waals surface area contributed by atoms with Crippen molar-refractivity contribution in [2.75, 3.05) is 19.6 Å². The van der Waals surface area contributed by atoms with Gasteiger partial charge in [0.2, 0.25) is 5.91 Å². The number of carbonyl (C=O) groups is 2. The fraction of sp³-hybridized carbons (Fsp3) is 0.429. The second-order valence-corrected chi connectivity index (χ2v) is 4.92. The first kappa shape index (κ1) is 18.3. The molecule has 0 radical (unpaired) electrons. The predicted molar refractivity (Wildman–Crippen MR) is 76.6 cm³/mol. The summed E-state index contributed by atoms with van der Waals surface area (Å²) in [5, 5.41) is 2.10. The number of benzene rings is 1. The number of hydrogen-bond donors (Lipinski definition) is 1. The van der Waals surface area contributed by atoms with Crippen LogP contribution in [0.25, 0.3) is 0 Å². The molecule has 0 fully saturated rings. The molecular weight excluding hydrogens is 321 g/mol. The Labute approximate surface area is 131 Å². The zero-order valence-corrected chi connectivity index (χ0v) is 12.7. The highest BCUT2D eigenvalue weighted by molar-refractivity contribution is 6.33. The van der Waals surface area contributed by atoms with Crippen LogP contribution in [0.2, 0.25) is 5.02 Å². The number of alkyl halides is 2. The monoisotopic (exact) mass is 336 g/mol. The van der Waals surface area contributed by atoms with E-state index in [1.807, 2.05) is 0 Å². The molecule has 22 heavy (non-hydrogen) atoms. The predicted octanol–water partition coefficient (Wildman–Crippen LogP) is 2.71. The lowest BCUT2D eigenvalue weighted by Gasteiger charge is -2.21. The van der Waals surface area contributed by atoms with Crippen LogP contribution in [0.4, 0.5) is 13.2 Å². The molecule has 0 heterocycles. The molecule has 0 spiro atoms. The van der Waals surface area contributed by atoms with Gasteiger partial charge in [-0.15, -0.1) is 0 Å². The van der Waals surface area contributed by atoms with E-state index in [4.69, 9.17) is 11.6 Å². The first-order chi connectivity index (χ1) is 10.4. The van der Waals surface area contributed by atoms with E-state index in [2.05, 4.69) is 5.32 Å². The lowest BCUT2D eigenvalue weighted by atomic mass is 10.2. The van der Waals surface area contributed by atoms with Gasteiger partial charge in [0, 0.05) is 6.54 Å². The first-order valence-electron chi connectivity index (χ1n) is 6.65. The summed E-state index contributed by atoms with van der Waals surface area (Å²) in [4.78, 5) is 24.6. The number of carbonyl (C=O) groups excluding carboxylic acids is 2. The summed E-state index contributed by atoms with van der Waals surface area (Å²) in [5.41, 5.74) is -0.382. The second-order valence-electron chi connectivity index (χ2n) is 4.51. The molecule has 0 unspecified atom stereocenters. The third-order valence-electron chi connectivity index (χ3n) is 2.79. The average molecular weight is 337 g/mol. The summed E-state index contributed by atoms with van der Waals surface area (Å²) in [6.45, 7) is 0.683. The van der Waals surface area contributed by atoms with Crippen LogP contribution in [-0.4, -0.2) is 42.8 Å². The van der Waals surface area contributed by atoms with Gasteiger partial charge < -0.3 is 10.2 Å². The summed E-state index contributed by atoms with van der Waals surface area (Å²) in [6.07, 6.45) is -2.15. The van der Waals surface area contributed by atoms with E-state index in [0.717, 1.165) is 11.0 Å². The van der Waals surface area contributed by atoms with Gasteiger partial charge in [0.1, 0.15) is 5.82 Å². The molecule has 0 saturated heterocycles. The number of rotatable bonds is 7. The van der Waals surface area contributed by atoms with Crippen LogP contribution in [0.1, 0.15) is 23.7 Å². The van der Waals surface area contributed by atoms with Crippen molar-refractivity contribution in [3.05, 3.63) is 34.6 Å². The van der Waals surface area contributed by atoms with Crippen LogP contribution in [0.3, 0.4) is 0 Å². The number of amides is 2. The second kappa shape index (κ2) is 8.63. The molecule has 1 N–H and O–H groups in total. The average Bonchev–Trinajstić information content (AvgIpc) is 2.43. The summed E-state index contributed by atoms with van der Waals surface area (Å²) < 4.78 is 38.3. The van der Waals surface area contributed by atoms with Crippen LogP contribution in [-0.2, 0) is 4.79 Å². The topological polar surface area (TPSA) is 49.4 Å². The molecule has 1 rings (SSSR count). The fourth-order valence-electron chi connectivity index (χ4n) is 1.83. The Morgan fingerprint density at radius 3 is 2.59 bits per heavy atom. The molecule has 2 amide bonds. The standard InChI is InChI=1S/C14H16ClF3N2O2/c1-2-6-20(8-11(17)18)12(21)7-19-14(22)13-9(15)4-3-5-10(13)16/h3-5,11H,2,6-8H2,1H3,(H,19,22). The van der Waals surface area contributed by atoms with E-state index in [1.165, 1.54) is 12.1 Å². The highest BCUT2D eigenvalue weighted by Gasteiger charge is 2.20. The molecule has 0 aliphatic carbocycles. The normalized spacial score (nSPS) is 10.6. The van der Waals surface area contributed by atoms with Crippen molar-refractivity contribution in [3.63, 3.8) is 0 Å². The van der Waals surface area contributed by atoms with Crippen LogP contribution < -0.4 is 5.32 Å². The molecule has 0 aromatic heterocycles. The van der Waals surface area contributed by atoms with Crippen molar-refractivity contribution in [1.29, 1.82) is 0 Å². The Morgan fingerprint density at radius 1 is 1.36 bits per heavy atom. The van der Waals surface area contributed by atoms with Crippen molar-refractivity contribution in [1.82, 2.24) is 10.2 Å². The summed E-state index contributed by atoms with van der Waals surface area (Å²) in [5.74, 6) is -2.36. The summed E-state index contributed by atoms with van der Waals surface area (Å²) in [7, 11) is 0. The smallest absolute Gasteiger partial charge is 0.256 e. The number of halogens is 4. The minimum Gasteiger partial charge on any atom is -0.343 e. The van der Waals surface area contributed by atoms with Crippen LogP contribution in [0.15, 0.2) is 18.2 Å². The third-order valence-corrected chi connectivity index (χ3v) is 3.11. The molecular formula is C14H16ClF3N2O2. The molecule has 0 aliphatic rings. The Balaban J connectivity index is 2.67. The number of nitrogens with one attached hydrogen (secondary N) is 1. The summed E-state index contributed by atoms with van der Waals surface area (Å²) in [6, 6.07) is 3.73. The number of hydrogen-bond acceptors (Lipinski definition) is 2. The van der Waals surface area contributed by atoms with Gasteiger partial charge in [0.15, 0.2) is 0 Å². The lowest BCUT2D eigenvalue weighted by Crippen LogP contribution is -2.42. The van der Waals surface area contributed by atoms with E-state index < -0.39 is 37.1 Å². The van der Waals surface area contributed by atoms with Crippen molar-refractivity contribution in [2.24, 2.45) is 0 Å². The van der Waals surface area contributed by atoms with Crippen LogP contribution in [0.5, 0.6) is 0 Å². The molecule has 0 saturated carbocycles. The first-order valence-corrected chi connectivity index (χ1v) is 7.02. The van der Waals surface area contributed by atoms with Crippen LogP contribution >= 0.6 is 11.6 Å². The third kappa shape index (κ3) is 5.22. The maximum Gasteiger partial charge on any atom is 0.256 e. The highest BCUT2D eigenvalue weighted by Crippen LogP contribution is 2.18. The van der Waals surface area contributed by atoms with Gasteiger partial charge in [0.05, 0.1) is 23.7 Å². The maximum atomic E-state index is 13.5. The van der Waals surface area contributed by atoms with Gasteiger partial charge in [-0.25, -0.2) is 13.2 Å². The molecule has 8 heteroatoms. The van der Waals surface area contributed by atoms with Crippen molar-refractivity contribution >= 4 is 23.4 Å². The minimum atomic E-state index is -2.66. The van der Waals surface area contributed by atoms with E-state index in [9.17, 15) is 22.8 Å². The molecule has 1 aromatic carbocycles. The molecule has 0 atom stereocenters. The van der Waals surface area contributed by atoms with Crippen molar-refractivity contribution < 1.29 is 22.8 Å². The molecule has 1 aromatic rings. The Kier molecular flexibility index (Phi) is 7.17. The zero-order valence-electron chi connectivity index (χ0n) is 11.9. The zero-order chi connectivity index (χ0) is 16.7. The quantitative estimate of drug-likeness (QED) is 0.832. The van der Waals surface area contributed by atoms with Crippen molar-refractivity contribution in [3.8, 4) is 0 Å². The fourth-order valence-corrected chi connectivity index (χ4v) is 2.07. The van der Waals surface area contributed by atoms with Crippen molar-refractivity contribution in [2.45, 2.75) is 19.8 Å². The molecule has 0 aliphatic heterocycles. The number of nitrogens with zero attached hydrogens (tertiary/aromatic N) is 1. The molecule has 0 bridgehead atoms. The van der Waals surface area contributed by atoms with Gasteiger partial charge in [-0.1, -0.05) is 24.6 Å². The van der Waals surface area contributed by atoms with Gasteiger partial charge in [0.25, 0.3) is 12.3 Å². The Morgan fingerprint density at radius 2 is 2.05 bits per heavy atom. The lowest BCUT2D eigenvalue weighted by molar-refractivity contribution is -0.132. The van der Waals surface area contributed by atoms with Gasteiger partial charge in [-0.2, -0.15) is 0 Å². The minimum absolute atomic E-state index is 0.0945. The van der Waals surface area contributed by atoms with E-state index in [-0.39, 0.29) is 17.1 Å². The van der Waals surface area contributed by atoms with Gasteiger partial charge >= 0.3 is 0 Å². The maximum absolute atomic E-state index is 13.5. The largest absolute Gasteiger partial charge is 0.343 e. The summed E-state index contributed by atoms with van der Waals surface area (Å²) >= 11 is 5.73. The molecule has 4 nitrogen and oxygen atoms in total.